The summed E-state index contributed by atoms with van der Waals surface area (Å²) in [6.45, 7) is 1.79. The van der Waals surface area contributed by atoms with Gasteiger partial charge in [0.1, 0.15) is 5.75 Å². The SMILES string of the molecule is CCOC(=O)C(=O)Nc1nc2cc(OC)ccc2s1. The van der Waals surface area contributed by atoms with Crippen LogP contribution >= 0.6 is 11.3 Å². The Morgan fingerprint density at radius 3 is 2.89 bits per heavy atom. The molecule has 0 aliphatic carbocycles. The number of carbonyl (C=O) groups excluding carboxylic acids is 2. The van der Waals surface area contributed by atoms with E-state index in [2.05, 4.69) is 15.0 Å². The van der Waals surface area contributed by atoms with Crippen LogP contribution in [0.5, 0.6) is 5.75 Å². The van der Waals surface area contributed by atoms with Gasteiger partial charge in [-0.1, -0.05) is 11.3 Å². The van der Waals surface area contributed by atoms with Crippen LogP contribution in [0, 0.1) is 0 Å². The monoisotopic (exact) mass is 280 g/mol. The first-order chi connectivity index (χ1) is 9.13. The van der Waals surface area contributed by atoms with Crippen LogP contribution in [0.15, 0.2) is 18.2 Å². The van der Waals surface area contributed by atoms with Gasteiger partial charge in [0.05, 0.1) is 23.9 Å². The molecular weight excluding hydrogens is 268 g/mol. The zero-order chi connectivity index (χ0) is 13.8. The third-order valence-corrected chi connectivity index (χ3v) is 3.23. The summed E-state index contributed by atoms with van der Waals surface area (Å²) >= 11 is 1.27. The van der Waals surface area contributed by atoms with Crippen molar-refractivity contribution in [2.24, 2.45) is 0 Å². The number of nitrogens with zero attached hydrogens (tertiary/aromatic N) is 1. The Hall–Kier alpha value is -2.15. The highest BCUT2D eigenvalue weighted by Crippen LogP contribution is 2.28. The van der Waals surface area contributed by atoms with Crippen molar-refractivity contribution in [3.05, 3.63) is 18.2 Å². The maximum Gasteiger partial charge on any atom is 0.397 e. The molecule has 0 spiro atoms. The fraction of sp³-hybridized carbons (Fsp3) is 0.250. The molecule has 0 bridgehead atoms. The van der Waals surface area contributed by atoms with E-state index in [1.165, 1.54) is 11.3 Å². The summed E-state index contributed by atoms with van der Waals surface area (Å²) in [6.07, 6.45) is 0. The minimum absolute atomic E-state index is 0.156. The van der Waals surface area contributed by atoms with Crippen LogP contribution in [0.2, 0.25) is 0 Å². The number of fused-ring (bicyclic) bond motifs is 1. The lowest BCUT2D eigenvalue weighted by Crippen LogP contribution is -2.24. The summed E-state index contributed by atoms with van der Waals surface area (Å²) in [4.78, 5) is 26.8. The van der Waals surface area contributed by atoms with E-state index in [0.717, 1.165) is 4.70 Å². The molecule has 0 atom stereocenters. The number of rotatable bonds is 3. The zero-order valence-corrected chi connectivity index (χ0v) is 11.2. The first-order valence-corrected chi connectivity index (χ1v) is 6.38. The van der Waals surface area contributed by atoms with Gasteiger partial charge in [0.15, 0.2) is 5.13 Å². The van der Waals surface area contributed by atoms with E-state index in [0.29, 0.717) is 16.4 Å². The molecule has 2 aromatic rings. The fourth-order valence-corrected chi connectivity index (χ4v) is 2.27. The number of amides is 1. The summed E-state index contributed by atoms with van der Waals surface area (Å²) in [5.41, 5.74) is 0.698. The molecule has 100 valence electrons. The molecule has 2 rings (SSSR count). The van der Waals surface area contributed by atoms with Crippen LogP contribution in [-0.2, 0) is 14.3 Å². The van der Waals surface area contributed by atoms with E-state index >= 15 is 0 Å². The van der Waals surface area contributed by atoms with Gasteiger partial charge >= 0.3 is 11.9 Å². The number of aromatic nitrogens is 1. The number of thiazole rings is 1. The van der Waals surface area contributed by atoms with Crippen LogP contribution < -0.4 is 10.1 Å². The molecular formula is C12H12N2O4S. The van der Waals surface area contributed by atoms with Crippen molar-refractivity contribution in [2.45, 2.75) is 6.92 Å². The van der Waals surface area contributed by atoms with E-state index in [1.54, 1.807) is 26.2 Å². The number of methoxy groups -OCH3 is 1. The van der Waals surface area contributed by atoms with Gasteiger partial charge in [0, 0.05) is 6.07 Å². The first kappa shape index (κ1) is 13.3. The van der Waals surface area contributed by atoms with Crippen LogP contribution in [0.3, 0.4) is 0 Å². The lowest BCUT2D eigenvalue weighted by molar-refractivity contribution is -0.152. The fourth-order valence-electron chi connectivity index (χ4n) is 1.43. The average molecular weight is 280 g/mol. The molecule has 1 aromatic carbocycles. The van der Waals surface area contributed by atoms with Gasteiger partial charge in [-0.05, 0) is 19.1 Å². The van der Waals surface area contributed by atoms with Crippen molar-refractivity contribution < 1.29 is 19.1 Å². The van der Waals surface area contributed by atoms with Gasteiger partial charge in [-0.25, -0.2) is 9.78 Å². The third-order valence-electron chi connectivity index (χ3n) is 2.28. The Balaban J connectivity index is 2.17. The highest BCUT2D eigenvalue weighted by Gasteiger charge is 2.16. The quantitative estimate of drug-likeness (QED) is 0.685. The Bertz CT molecular complexity index is 623. The normalized spacial score (nSPS) is 10.2. The molecule has 1 amide bonds. The second-order valence-electron chi connectivity index (χ2n) is 3.53. The van der Waals surface area contributed by atoms with Crippen LogP contribution in [-0.4, -0.2) is 30.6 Å². The van der Waals surface area contributed by atoms with Crippen LogP contribution in [0.25, 0.3) is 10.2 Å². The Labute approximate surface area is 113 Å². The van der Waals surface area contributed by atoms with Gasteiger partial charge in [-0.15, -0.1) is 0 Å². The Kier molecular flexibility index (Phi) is 3.96. The molecule has 0 fully saturated rings. The summed E-state index contributed by atoms with van der Waals surface area (Å²) in [6, 6.07) is 5.40. The van der Waals surface area contributed by atoms with Crippen LogP contribution in [0.4, 0.5) is 5.13 Å². The molecule has 7 heteroatoms. The van der Waals surface area contributed by atoms with Gasteiger partial charge in [0.2, 0.25) is 0 Å². The lowest BCUT2D eigenvalue weighted by Gasteiger charge is -2.00. The number of anilines is 1. The highest BCUT2D eigenvalue weighted by molar-refractivity contribution is 7.22. The Morgan fingerprint density at radius 2 is 2.21 bits per heavy atom. The number of ether oxygens (including phenoxy) is 2. The standard InChI is InChI=1S/C12H12N2O4S/c1-3-18-11(16)10(15)14-12-13-8-6-7(17-2)4-5-9(8)19-12/h4-6H,3H2,1-2H3,(H,13,14,15). The minimum atomic E-state index is -0.917. The van der Waals surface area contributed by atoms with Crippen molar-refractivity contribution in [3.63, 3.8) is 0 Å². The first-order valence-electron chi connectivity index (χ1n) is 5.56. The molecule has 0 aliphatic rings. The molecule has 19 heavy (non-hydrogen) atoms. The van der Waals surface area contributed by atoms with E-state index in [1.807, 2.05) is 6.07 Å². The zero-order valence-electron chi connectivity index (χ0n) is 10.4. The second-order valence-corrected chi connectivity index (χ2v) is 4.56. The predicted octanol–water partition coefficient (Wildman–Crippen LogP) is 1.81. The summed E-state index contributed by atoms with van der Waals surface area (Å²) in [5, 5.41) is 2.75. The van der Waals surface area contributed by atoms with E-state index < -0.39 is 11.9 Å². The summed E-state index contributed by atoms with van der Waals surface area (Å²) in [5.74, 6) is -1.06. The average Bonchev–Trinajstić information content (AvgIpc) is 2.79. The van der Waals surface area contributed by atoms with E-state index in [-0.39, 0.29) is 6.61 Å². The summed E-state index contributed by atoms with van der Waals surface area (Å²) in [7, 11) is 1.57. The Morgan fingerprint density at radius 1 is 1.42 bits per heavy atom. The van der Waals surface area contributed by atoms with Crippen molar-refractivity contribution in [3.8, 4) is 5.75 Å². The minimum Gasteiger partial charge on any atom is -0.497 e. The number of hydrogen-bond donors (Lipinski definition) is 1. The molecule has 1 N–H and O–H groups in total. The molecule has 0 radical (unpaired) electrons. The molecule has 0 unspecified atom stereocenters. The van der Waals surface area contributed by atoms with Crippen molar-refractivity contribution in [1.29, 1.82) is 0 Å². The molecule has 0 aliphatic heterocycles. The van der Waals surface area contributed by atoms with E-state index in [9.17, 15) is 9.59 Å². The largest absolute Gasteiger partial charge is 0.497 e. The topological polar surface area (TPSA) is 77.5 Å². The predicted molar refractivity (Wildman–Crippen MR) is 71.4 cm³/mol. The highest BCUT2D eigenvalue weighted by atomic mass is 32.1. The van der Waals surface area contributed by atoms with Crippen molar-refractivity contribution >= 4 is 38.6 Å². The molecule has 6 nitrogen and oxygen atoms in total. The second kappa shape index (κ2) is 5.66. The molecule has 1 aromatic heterocycles. The smallest absolute Gasteiger partial charge is 0.397 e. The van der Waals surface area contributed by atoms with Crippen molar-refractivity contribution in [1.82, 2.24) is 4.98 Å². The van der Waals surface area contributed by atoms with Gasteiger partial charge in [-0.2, -0.15) is 0 Å². The number of esters is 1. The molecule has 1 heterocycles. The van der Waals surface area contributed by atoms with E-state index in [4.69, 9.17) is 4.74 Å². The lowest BCUT2D eigenvalue weighted by atomic mass is 10.3. The van der Waals surface area contributed by atoms with Crippen molar-refractivity contribution in [2.75, 3.05) is 19.0 Å². The number of hydrogen-bond acceptors (Lipinski definition) is 6. The maximum absolute atomic E-state index is 11.5. The van der Waals surface area contributed by atoms with Gasteiger partial charge < -0.3 is 9.47 Å². The van der Waals surface area contributed by atoms with Gasteiger partial charge in [-0.3, -0.25) is 10.1 Å². The van der Waals surface area contributed by atoms with Crippen LogP contribution in [0.1, 0.15) is 6.92 Å². The number of nitrogens with one attached hydrogen (secondary N) is 1. The summed E-state index contributed by atoms with van der Waals surface area (Å²) < 4.78 is 10.6. The van der Waals surface area contributed by atoms with Gasteiger partial charge in [0.25, 0.3) is 0 Å². The molecule has 0 saturated carbocycles. The number of carbonyl (C=O) groups is 2. The molecule has 0 saturated heterocycles. The third kappa shape index (κ3) is 3.00. The number of benzene rings is 1. The maximum atomic E-state index is 11.5.